The van der Waals surface area contributed by atoms with Gasteiger partial charge in [-0.3, -0.25) is 0 Å². The number of ether oxygens (including phenoxy) is 1. The van der Waals surface area contributed by atoms with Crippen LogP contribution in [-0.4, -0.2) is 24.9 Å². The Morgan fingerprint density at radius 2 is 2.27 bits per heavy atom. The van der Waals surface area contributed by atoms with Crippen LogP contribution < -0.4 is 10.1 Å². The Kier molecular flexibility index (Phi) is 4.52. The number of hydrogen-bond donors (Lipinski definition) is 2. The Bertz CT molecular complexity index is 315. The van der Waals surface area contributed by atoms with Gasteiger partial charge in [-0.2, -0.15) is 0 Å². The Labute approximate surface area is 88.9 Å². The Balaban J connectivity index is 2.66. The monoisotopic (exact) mass is 213 g/mol. The molecule has 2 N–H and O–H groups in total. The van der Waals surface area contributed by atoms with Crippen molar-refractivity contribution in [3.05, 3.63) is 29.6 Å². The molecule has 0 amide bonds. The first-order chi connectivity index (χ1) is 7.13. The summed E-state index contributed by atoms with van der Waals surface area (Å²) < 4.78 is 18.5. The molecule has 0 spiro atoms. The molecule has 1 unspecified atom stereocenters. The lowest BCUT2D eigenvalue weighted by Crippen LogP contribution is -2.13. The van der Waals surface area contributed by atoms with Crippen molar-refractivity contribution in [2.75, 3.05) is 13.7 Å². The van der Waals surface area contributed by atoms with Crippen LogP contribution in [0.1, 0.15) is 12.5 Å². The van der Waals surface area contributed by atoms with Crippen LogP contribution in [0.4, 0.5) is 4.39 Å². The highest BCUT2D eigenvalue weighted by Gasteiger charge is 2.05. The van der Waals surface area contributed by atoms with Gasteiger partial charge in [0, 0.05) is 6.54 Å². The molecule has 15 heavy (non-hydrogen) atoms. The maximum Gasteiger partial charge on any atom is 0.165 e. The van der Waals surface area contributed by atoms with Gasteiger partial charge in [0.1, 0.15) is 6.61 Å². The first kappa shape index (κ1) is 11.9. The third-order valence-electron chi connectivity index (χ3n) is 1.86. The van der Waals surface area contributed by atoms with Gasteiger partial charge in [-0.15, -0.1) is 0 Å². The summed E-state index contributed by atoms with van der Waals surface area (Å²) in [7, 11) is 1.80. The molecule has 0 aliphatic carbocycles. The molecule has 3 nitrogen and oxygen atoms in total. The van der Waals surface area contributed by atoms with Crippen molar-refractivity contribution in [2.45, 2.75) is 19.6 Å². The molecule has 4 heteroatoms. The summed E-state index contributed by atoms with van der Waals surface area (Å²) in [4.78, 5) is 0. The number of aliphatic hydroxyl groups excluding tert-OH is 1. The van der Waals surface area contributed by atoms with E-state index >= 15 is 0 Å². The van der Waals surface area contributed by atoms with E-state index in [0.717, 1.165) is 5.56 Å². The van der Waals surface area contributed by atoms with Crippen LogP contribution >= 0.6 is 0 Å². The molecule has 0 radical (unpaired) electrons. The Hall–Kier alpha value is -1.13. The highest BCUT2D eigenvalue weighted by atomic mass is 19.1. The maximum absolute atomic E-state index is 13.4. The van der Waals surface area contributed by atoms with Crippen LogP contribution in [0, 0.1) is 5.82 Å². The summed E-state index contributed by atoms with van der Waals surface area (Å²) in [5, 5.41) is 11.9. The predicted molar refractivity (Wildman–Crippen MR) is 56.3 cm³/mol. The second-order valence-corrected chi connectivity index (χ2v) is 3.46. The predicted octanol–water partition coefficient (Wildman–Crippen LogP) is 1.30. The largest absolute Gasteiger partial charge is 0.488 e. The van der Waals surface area contributed by atoms with E-state index in [0.29, 0.717) is 6.54 Å². The quantitative estimate of drug-likeness (QED) is 0.774. The SMILES string of the molecule is CNCc1ccc(OCC(C)O)c(F)c1. The van der Waals surface area contributed by atoms with Crippen molar-refractivity contribution >= 4 is 0 Å². The van der Waals surface area contributed by atoms with Crippen molar-refractivity contribution in [3.8, 4) is 5.75 Å². The van der Waals surface area contributed by atoms with Crippen LogP contribution in [0.15, 0.2) is 18.2 Å². The van der Waals surface area contributed by atoms with Gasteiger partial charge in [0.05, 0.1) is 6.10 Å². The molecule has 1 aromatic rings. The zero-order valence-electron chi connectivity index (χ0n) is 8.96. The van der Waals surface area contributed by atoms with E-state index in [1.807, 2.05) is 0 Å². The second-order valence-electron chi connectivity index (χ2n) is 3.46. The molecule has 1 atom stereocenters. The second kappa shape index (κ2) is 5.68. The van der Waals surface area contributed by atoms with Crippen molar-refractivity contribution in [1.82, 2.24) is 5.32 Å². The average Bonchev–Trinajstić information content (AvgIpc) is 2.17. The van der Waals surface area contributed by atoms with Crippen LogP contribution in [0.3, 0.4) is 0 Å². The molecule has 0 aliphatic rings. The number of benzene rings is 1. The number of aliphatic hydroxyl groups is 1. The van der Waals surface area contributed by atoms with Gasteiger partial charge in [-0.05, 0) is 31.7 Å². The van der Waals surface area contributed by atoms with Crippen molar-refractivity contribution < 1.29 is 14.2 Å². The van der Waals surface area contributed by atoms with Gasteiger partial charge in [-0.1, -0.05) is 6.07 Å². The number of hydrogen-bond acceptors (Lipinski definition) is 3. The normalized spacial score (nSPS) is 12.5. The molecule has 0 bridgehead atoms. The molecule has 0 fully saturated rings. The van der Waals surface area contributed by atoms with Crippen LogP contribution in [0.2, 0.25) is 0 Å². The summed E-state index contributed by atoms with van der Waals surface area (Å²) in [6.07, 6.45) is -0.596. The molecule has 84 valence electrons. The van der Waals surface area contributed by atoms with Crippen molar-refractivity contribution in [3.63, 3.8) is 0 Å². The minimum Gasteiger partial charge on any atom is -0.488 e. The van der Waals surface area contributed by atoms with E-state index in [-0.39, 0.29) is 12.4 Å². The zero-order chi connectivity index (χ0) is 11.3. The van der Waals surface area contributed by atoms with Gasteiger partial charge in [0.2, 0.25) is 0 Å². The summed E-state index contributed by atoms with van der Waals surface area (Å²) in [6.45, 7) is 2.31. The van der Waals surface area contributed by atoms with Gasteiger partial charge >= 0.3 is 0 Å². The van der Waals surface area contributed by atoms with Crippen LogP contribution in [0.5, 0.6) is 5.75 Å². The number of rotatable bonds is 5. The van der Waals surface area contributed by atoms with E-state index < -0.39 is 11.9 Å². The van der Waals surface area contributed by atoms with Crippen molar-refractivity contribution in [2.24, 2.45) is 0 Å². The fourth-order valence-corrected chi connectivity index (χ4v) is 1.19. The third-order valence-corrected chi connectivity index (χ3v) is 1.86. The van der Waals surface area contributed by atoms with Gasteiger partial charge < -0.3 is 15.2 Å². The molecular weight excluding hydrogens is 197 g/mol. The smallest absolute Gasteiger partial charge is 0.165 e. The summed E-state index contributed by atoms with van der Waals surface area (Å²) >= 11 is 0. The fraction of sp³-hybridized carbons (Fsp3) is 0.455. The first-order valence-corrected chi connectivity index (χ1v) is 4.87. The minimum absolute atomic E-state index is 0.0995. The van der Waals surface area contributed by atoms with E-state index in [1.165, 1.54) is 6.07 Å². The topological polar surface area (TPSA) is 41.5 Å². The molecule has 0 saturated heterocycles. The Morgan fingerprint density at radius 3 is 2.80 bits per heavy atom. The first-order valence-electron chi connectivity index (χ1n) is 4.87. The lowest BCUT2D eigenvalue weighted by molar-refractivity contribution is 0.120. The fourth-order valence-electron chi connectivity index (χ4n) is 1.19. The summed E-state index contributed by atoms with van der Waals surface area (Å²) in [5.41, 5.74) is 0.861. The molecule has 0 saturated carbocycles. The summed E-state index contributed by atoms with van der Waals surface area (Å²) in [5.74, 6) is -0.223. The summed E-state index contributed by atoms with van der Waals surface area (Å²) in [6, 6.07) is 4.79. The molecule has 0 heterocycles. The standard InChI is InChI=1S/C11H16FNO2/c1-8(14)7-15-11-4-3-9(6-13-2)5-10(11)12/h3-5,8,13-14H,6-7H2,1-2H3. The van der Waals surface area contributed by atoms with Crippen LogP contribution in [-0.2, 0) is 6.54 Å². The molecule has 0 aromatic heterocycles. The third kappa shape index (κ3) is 3.85. The highest BCUT2D eigenvalue weighted by Crippen LogP contribution is 2.18. The van der Waals surface area contributed by atoms with E-state index in [9.17, 15) is 4.39 Å². The van der Waals surface area contributed by atoms with E-state index in [2.05, 4.69) is 5.32 Å². The highest BCUT2D eigenvalue weighted by molar-refractivity contribution is 5.29. The molecular formula is C11H16FNO2. The molecule has 0 aliphatic heterocycles. The van der Waals surface area contributed by atoms with E-state index in [4.69, 9.17) is 9.84 Å². The maximum atomic E-state index is 13.4. The number of halogens is 1. The molecule has 1 rings (SSSR count). The minimum atomic E-state index is -0.596. The lowest BCUT2D eigenvalue weighted by Gasteiger charge is -2.09. The average molecular weight is 213 g/mol. The van der Waals surface area contributed by atoms with E-state index in [1.54, 1.807) is 26.1 Å². The van der Waals surface area contributed by atoms with Crippen LogP contribution in [0.25, 0.3) is 0 Å². The number of nitrogens with one attached hydrogen (secondary N) is 1. The van der Waals surface area contributed by atoms with Gasteiger partial charge in [-0.25, -0.2) is 4.39 Å². The lowest BCUT2D eigenvalue weighted by atomic mass is 10.2. The zero-order valence-corrected chi connectivity index (χ0v) is 8.96. The Morgan fingerprint density at radius 1 is 1.53 bits per heavy atom. The van der Waals surface area contributed by atoms with Gasteiger partial charge in [0.25, 0.3) is 0 Å². The molecule has 1 aromatic carbocycles. The van der Waals surface area contributed by atoms with Crippen molar-refractivity contribution in [1.29, 1.82) is 0 Å². The van der Waals surface area contributed by atoms with Gasteiger partial charge in [0.15, 0.2) is 11.6 Å².